The first kappa shape index (κ1) is 12.6. The lowest BCUT2D eigenvalue weighted by molar-refractivity contribution is 0.182. The summed E-state index contributed by atoms with van der Waals surface area (Å²) in [6.07, 6.45) is 0. The minimum absolute atomic E-state index is 0.0368. The highest BCUT2D eigenvalue weighted by Gasteiger charge is 2.22. The van der Waals surface area contributed by atoms with Crippen LogP contribution < -0.4 is 5.32 Å². The van der Waals surface area contributed by atoms with Crippen molar-refractivity contribution in [3.63, 3.8) is 0 Å². The number of phenolic OH excluding ortho intramolecular Hbond substituents is 1. The molecule has 0 bridgehead atoms. The van der Waals surface area contributed by atoms with Crippen LogP contribution in [0.5, 0.6) is 5.75 Å². The smallest absolute Gasteiger partial charge is 0.166 e. The van der Waals surface area contributed by atoms with Crippen LogP contribution in [-0.2, 0) is 0 Å². The number of aromatic hydroxyl groups is 1. The number of hydrogen-bond acceptors (Lipinski definition) is 3. The summed E-state index contributed by atoms with van der Waals surface area (Å²) < 4.78 is 13.4. The first-order chi connectivity index (χ1) is 8.09. The Hall–Kier alpha value is -0.840. The standard InChI is InChI=1S/C12H16ClFN2O/c1-8(16-4-2-15-3-5-16)10-6-9(13)7-11(14)12(10)17/h6-8,15,17H,2-5H2,1H3/t8-/m1/s1. The SMILES string of the molecule is C[C@H](c1cc(Cl)cc(F)c1O)N1CCNCC1. The molecule has 3 nitrogen and oxygen atoms in total. The summed E-state index contributed by atoms with van der Waals surface area (Å²) in [5.74, 6) is -0.949. The fraction of sp³-hybridized carbons (Fsp3) is 0.500. The molecular weight excluding hydrogens is 243 g/mol. The third kappa shape index (κ3) is 2.70. The summed E-state index contributed by atoms with van der Waals surface area (Å²) >= 11 is 5.82. The van der Waals surface area contributed by atoms with Gasteiger partial charge < -0.3 is 10.4 Å². The third-order valence-electron chi connectivity index (χ3n) is 3.21. The second-order valence-electron chi connectivity index (χ2n) is 4.29. The molecule has 1 saturated heterocycles. The number of nitrogens with zero attached hydrogens (tertiary/aromatic N) is 1. The zero-order valence-corrected chi connectivity index (χ0v) is 10.5. The largest absolute Gasteiger partial charge is 0.505 e. The summed E-state index contributed by atoms with van der Waals surface area (Å²) in [6.45, 7) is 5.54. The molecule has 0 aliphatic carbocycles. The van der Waals surface area contributed by atoms with Crippen LogP contribution in [0, 0.1) is 5.82 Å². The molecule has 1 aliphatic rings. The van der Waals surface area contributed by atoms with Gasteiger partial charge in [-0.15, -0.1) is 0 Å². The Balaban J connectivity index is 2.26. The number of phenols is 1. The van der Waals surface area contributed by atoms with Crippen LogP contribution in [0.2, 0.25) is 5.02 Å². The van der Waals surface area contributed by atoms with Crippen molar-refractivity contribution in [2.24, 2.45) is 0 Å². The first-order valence-electron chi connectivity index (χ1n) is 5.72. The molecule has 1 fully saturated rings. The summed E-state index contributed by atoms with van der Waals surface area (Å²) in [7, 11) is 0. The van der Waals surface area contributed by atoms with E-state index in [1.54, 1.807) is 6.07 Å². The highest BCUT2D eigenvalue weighted by molar-refractivity contribution is 6.30. The summed E-state index contributed by atoms with van der Waals surface area (Å²) in [5, 5.41) is 13.3. The van der Waals surface area contributed by atoms with E-state index in [2.05, 4.69) is 10.2 Å². The molecule has 0 aromatic heterocycles. The molecule has 0 radical (unpaired) electrons. The molecule has 94 valence electrons. The predicted octanol–water partition coefficient (Wildman–Crippen LogP) is 2.15. The second-order valence-corrected chi connectivity index (χ2v) is 4.72. The number of rotatable bonds is 2. The Bertz CT molecular complexity index is 408. The maximum absolute atomic E-state index is 13.4. The molecule has 17 heavy (non-hydrogen) atoms. The van der Waals surface area contributed by atoms with Crippen molar-refractivity contribution in [1.29, 1.82) is 0 Å². The van der Waals surface area contributed by atoms with Crippen molar-refractivity contribution in [2.75, 3.05) is 26.2 Å². The van der Waals surface area contributed by atoms with Gasteiger partial charge in [-0.3, -0.25) is 4.90 Å². The Morgan fingerprint density at radius 2 is 2.06 bits per heavy atom. The molecule has 0 unspecified atom stereocenters. The van der Waals surface area contributed by atoms with Gasteiger partial charge in [-0.25, -0.2) is 4.39 Å². The van der Waals surface area contributed by atoms with E-state index in [-0.39, 0.29) is 11.8 Å². The molecule has 1 aliphatic heterocycles. The number of piperazine rings is 1. The van der Waals surface area contributed by atoms with Crippen molar-refractivity contribution in [3.05, 3.63) is 28.5 Å². The fourth-order valence-electron chi connectivity index (χ4n) is 2.17. The van der Waals surface area contributed by atoms with Gasteiger partial charge in [0.25, 0.3) is 0 Å². The van der Waals surface area contributed by atoms with E-state index in [0.29, 0.717) is 10.6 Å². The average molecular weight is 259 g/mol. The van der Waals surface area contributed by atoms with Crippen LogP contribution in [0.3, 0.4) is 0 Å². The van der Waals surface area contributed by atoms with Gasteiger partial charge in [0.05, 0.1) is 0 Å². The predicted molar refractivity (Wildman–Crippen MR) is 65.9 cm³/mol. The van der Waals surface area contributed by atoms with Crippen molar-refractivity contribution < 1.29 is 9.50 Å². The molecule has 1 atom stereocenters. The topological polar surface area (TPSA) is 35.5 Å². The van der Waals surface area contributed by atoms with Gasteiger partial charge in [0, 0.05) is 42.8 Å². The van der Waals surface area contributed by atoms with E-state index in [1.807, 2.05) is 6.92 Å². The molecule has 1 aromatic carbocycles. The normalized spacial score (nSPS) is 19.2. The highest BCUT2D eigenvalue weighted by atomic mass is 35.5. The number of halogens is 2. The lowest BCUT2D eigenvalue weighted by Gasteiger charge is -2.33. The third-order valence-corrected chi connectivity index (χ3v) is 3.43. The lowest BCUT2D eigenvalue weighted by Crippen LogP contribution is -2.44. The molecule has 5 heteroatoms. The Morgan fingerprint density at radius 3 is 2.71 bits per heavy atom. The van der Waals surface area contributed by atoms with Gasteiger partial charge in [-0.05, 0) is 19.1 Å². The highest BCUT2D eigenvalue weighted by Crippen LogP contribution is 2.33. The van der Waals surface area contributed by atoms with E-state index >= 15 is 0 Å². The molecular formula is C12H16ClFN2O. The molecule has 0 saturated carbocycles. The Kier molecular flexibility index (Phi) is 3.86. The van der Waals surface area contributed by atoms with Gasteiger partial charge in [0.1, 0.15) is 0 Å². The van der Waals surface area contributed by atoms with E-state index in [9.17, 15) is 9.50 Å². The summed E-state index contributed by atoms with van der Waals surface area (Å²) in [5.41, 5.74) is 0.553. The molecule has 2 rings (SSSR count). The van der Waals surface area contributed by atoms with E-state index in [1.165, 1.54) is 0 Å². The van der Waals surface area contributed by atoms with Crippen molar-refractivity contribution >= 4 is 11.6 Å². The molecule has 1 aromatic rings. The molecule has 0 spiro atoms. The summed E-state index contributed by atoms with van der Waals surface area (Å²) in [4.78, 5) is 2.20. The van der Waals surface area contributed by atoms with Crippen LogP contribution >= 0.6 is 11.6 Å². The fourth-order valence-corrected chi connectivity index (χ4v) is 2.38. The zero-order valence-electron chi connectivity index (χ0n) is 9.71. The summed E-state index contributed by atoms with van der Waals surface area (Å²) in [6, 6.07) is 2.72. The average Bonchev–Trinajstić information content (AvgIpc) is 2.34. The monoisotopic (exact) mass is 258 g/mol. The molecule has 1 heterocycles. The van der Waals surface area contributed by atoms with Crippen LogP contribution in [-0.4, -0.2) is 36.2 Å². The maximum Gasteiger partial charge on any atom is 0.166 e. The van der Waals surface area contributed by atoms with Crippen LogP contribution in [0.25, 0.3) is 0 Å². The van der Waals surface area contributed by atoms with Gasteiger partial charge in [0.2, 0.25) is 0 Å². The quantitative estimate of drug-likeness (QED) is 0.853. The molecule has 2 N–H and O–H groups in total. The van der Waals surface area contributed by atoms with E-state index < -0.39 is 5.82 Å². The van der Waals surface area contributed by atoms with E-state index in [4.69, 9.17) is 11.6 Å². The lowest BCUT2D eigenvalue weighted by atomic mass is 10.0. The van der Waals surface area contributed by atoms with Crippen LogP contribution in [0.15, 0.2) is 12.1 Å². The Morgan fingerprint density at radius 1 is 1.41 bits per heavy atom. The van der Waals surface area contributed by atoms with Crippen molar-refractivity contribution in [3.8, 4) is 5.75 Å². The maximum atomic E-state index is 13.4. The minimum Gasteiger partial charge on any atom is -0.505 e. The van der Waals surface area contributed by atoms with Crippen LogP contribution in [0.4, 0.5) is 4.39 Å². The van der Waals surface area contributed by atoms with Crippen molar-refractivity contribution in [2.45, 2.75) is 13.0 Å². The minimum atomic E-state index is -0.658. The van der Waals surface area contributed by atoms with Gasteiger partial charge in [-0.2, -0.15) is 0 Å². The number of benzene rings is 1. The van der Waals surface area contributed by atoms with Crippen molar-refractivity contribution in [1.82, 2.24) is 10.2 Å². The van der Waals surface area contributed by atoms with Gasteiger partial charge >= 0.3 is 0 Å². The number of hydrogen-bond donors (Lipinski definition) is 2. The second kappa shape index (κ2) is 5.21. The van der Waals surface area contributed by atoms with Gasteiger partial charge in [0.15, 0.2) is 11.6 Å². The van der Waals surface area contributed by atoms with Crippen LogP contribution in [0.1, 0.15) is 18.5 Å². The first-order valence-corrected chi connectivity index (χ1v) is 6.10. The Labute approximate surface area is 105 Å². The van der Waals surface area contributed by atoms with E-state index in [0.717, 1.165) is 32.2 Å². The molecule has 0 amide bonds. The van der Waals surface area contributed by atoms with Gasteiger partial charge in [-0.1, -0.05) is 11.6 Å². The zero-order chi connectivity index (χ0) is 12.4. The number of nitrogens with one attached hydrogen (secondary N) is 1.